The number of anilines is 1. The fourth-order valence-electron chi connectivity index (χ4n) is 2.17. The van der Waals surface area contributed by atoms with Crippen LogP contribution in [-0.4, -0.2) is 40.0 Å². The average molecular weight is 356 g/mol. The van der Waals surface area contributed by atoms with Crippen LogP contribution in [0.25, 0.3) is 10.2 Å². The second-order valence-corrected chi connectivity index (χ2v) is 6.23. The highest BCUT2D eigenvalue weighted by molar-refractivity contribution is 7.22. The largest absolute Gasteiger partial charge is 0.451 e. The second kappa shape index (κ2) is 7.35. The topological polar surface area (TPSA) is 85.3 Å². The van der Waals surface area contributed by atoms with Crippen molar-refractivity contribution in [3.05, 3.63) is 48.0 Å². The zero-order valence-corrected chi connectivity index (χ0v) is 14.6. The second-order valence-electron chi connectivity index (χ2n) is 5.22. The Bertz CT molecular complexity index is 875. The molecule has 0 N–H and O–H groups in total. The number of aromatic nitrogens is 3. The number of benzene rings is 1. The molecule has 7 nitrogen and oxygen atoms in total. The van der Waals surface area contributed by atoms with Crippen molar-refractivity contribution in [2.24, 2.45) is 0 Å². The standard InChI is InChI=1S/C17H16N4O3S/c1-3-21(17-20-12-6-4-5-7-14(12)25-17)15(22)10-24-16(23)13-9-18-11(2)8-19-13/h4-9H,3,10H2,1-2H3. The van der Waals surface area contributed by atoms with Gasteiger partial charge >= 0.3 is 5.97 Å². The van der Waals surface area contributed by atoms with Crippen LogP contribution in [0.4, 0.5) is 5.13 Å². The van der Waals surface area contributed by atoms with Gasteiger partial charge in [0.2, 0.25) is 0 Å². The van der Waals surface area contributed by atoms with Gasteiger partial charge in [0.15, 0.2) is 17.4 Å². The SMILES string of the molecule is CCN(C(=O)COC(=O)c1cnc(C)cn1)c1nc2ccccc2s1. The van der Waals surface area contributed by atoms with E-state index in [9.17, 15) is 9.59 Å². The summed E-state index contributed by atoms with van der Waals surface area (Å²) in [6.45, 7) is 3.67. The Morgan fingerprint density at radius 3 is 2.68 bits per heavy atom. The number of aryl methyl sites for hydroxylation is 1. The monoisotopic (exact) mass is 356 g/mol. The molecule has 3 rings (SSSR count). The number of para-hydroxylation sites is 1. The van der Waals surface area contributed by atoms with Crippen LogP contribution in [0, 0.1) is 6.92 Å². The molecule has 0 saturated heterocycles. The number of hydrogen-bond acceptors (Lipinski definition) is 7. The van der Waals surface area contributed by atoms with Crippen molar-refractivity contribution >= 4 is 38.6 Å². The van der Waals surface area contributed by atoms with Crippen LogP contribution >= 0.6 is 11.3 Å². The molecule has 1 amide bonds. The summed E-state index contributed by atoms with van der Waals surface area (Å²) in [5.41, 5.74) is 1.60. The third-order valence-electron chi connectivity index (χ3n) is 3.45. The molecule has 0 aliphatic carbocycles. The first kappa shape index (κ1) is 17.0. The van der Waals surface area contributed by atoms with Gasteiger partial charge in [0.1, 0.15) is 0 Å². The molecule has 0 aliphatic rings. The fourth-order valence-corrected chi connectivity index (χ4v) is 3.22. The predicted octanol–water partition coefficient (Wildman–Crippen LogP) is 2.60. The maximum Gasteiger partial charge on any atom is 0.359 e. The fraction of sp³-hybridized carbons (Fsp3) is 0.235. The number of hydrogen-bond donors (Lipinski definition) is 0. The van der Waals surface area contributed by atoms with E-state index in [0.717, 1.165) is 10.2 Å². The number of ether oxygens (including phenoxy) is 1. The molecule has 0 bridgehead atoms. The molecule has 0 spiro atoms. The van der Waals surface area contributed by atoms with Gasteiger partial charge in [0, 0.05) is 12.7 Å². The molecule has 2 heterocycles. The van der Waals surface area contributed by atoms with Crippen LogP contribution in [0.5, 0.6) is 0 Å². The number of carbonyl (C=O) groups is 2. The molecule has 0 saturated carbocycles. The van der Waals surface area contributed by atoms with Gasteiger partial charge < -0.3 is 4.74 Å². The molecule has 3 aromatic rings. The van der Waals surface area contributed by atoms with Gasteiger partial charge in [0.05, 0.1) is 22.1 Å². The number of nitrogens with zero attached hydrogens (tertiary/aromatic N) is 4. The molecule has 0 atom stereocenters. The molecule has 128 valence electrons. The van der Waals surface area contributed by atoms with E-state index in [1.54, 1.807) is 6.92 Å². The lowest BCUT2D eigenvalue weighted by molar-refractivity contribution is -0.121. The van der Waals surface area contributed by atoms with Crippen LogP contribution in [-0.2, 0) is 9.53 Å². The molecule has 0 aliphatic heterocycles. The quantitative estimate of drug-likeness (QED) is 0.653. The molecular weight excluding hydrogens is 340 g/mol. The number of amides is 1. The number of thiazole rings is 1. The predicted molar refractivity (Wildman–Crippen MR) is 94.7 cm³/mol. The summed E-state index contributed by atoms with van der Waals surface area (Å²) in [5.74, 6) is -1.02. The first-order valence-corrected chi connectivity index (χ1v) is 8.52. The zero-order valence-electron chi connectivity index (χ0n) is 13.8. The van der Waals surface area contributed by atoms with Gasteiger partial charge in [0.25, 0.3) is 5.91 Å². The van der Waals surface area contributed by atoms with Crippen molar-refractivity contribution in [3.8, 4) is 0 Å². The van der Waals surface area contributed by atoms with E-state index in [2.05, 4.69) is 15.0 Å². The molecule has 0 radical (unpaired) electrons. The Labute approximate surface area is 148 Å². The Kier molecular flexibility index (Phi) is 4.99. The maximum atomic E-state index is 12.4. The first-order valence-electron chi connectivity index (χ1n) is 7.70. The average Bonchev–Trinajstić information content (AvgIpc) is 3.04. The van der Waals surface area contributed by atoms with Gasteiger partial charge in [-0.1, -0.05) is 23.5 Å². The Morgan fingerprint density at radius 1 is 1.20 bits per heavy atom. The van der Waals surface area contributed by atoms with Crippen molar-refractivity contribution in [1.29, 1.82) is 0 Å². The number of fused-ring (bicyclic) bond motifs is 1. The molecule has 0 unspecified atom stereocenters. The van der Waals surface area contributed by atoms with E-state index in [4.69, 9.17) is 4.74 Å². The molecule has 0 fully saturated rings. The molecule has 25 heavy (non-hydrogen) atoms. The highest BCUT2D eigenvalue weighted by atomic mass is 32.1. The summed E-state index contributed by atoms with van der Waals surface area (Å²) in [4.78, 5) is 38.2. The van der Waals surface area contributed by atoms with Crippen molar-refractivity contribution in [2.75, 3.05) is 18.1 Å². The highest BCUT2D eigenvalue weighted by Crippen LogP contribution is 2.28. The Hall–Kier alpha value is -2.87. The molecule has 1 aromatic carbocycles. The summed E-state index contributed by atoms with van der Waals surface area (Å²) in [5, 5.41) is 0.583. The van der Waals surface area contributed by atoms with Gasteiger partial charge in [-0.3, -0.25) is 14.7 Å². The van der Waals surface area contributed by atoms with Crippen LogP contribution in [0.1, 0.15) is 23.1 Å². The minimum Gasteiger partial charge on any atom is -0.451 e. The Morgan fingerprint density at radius 2 is 2.00 bits per heavy atom. The smallest absolute Gasteiger partial charge is 0.359 e. The molecular formula is C17H16N4O3S. The third kappa shape index (κ3) is 3.80. The van der Waals surface area contributed by atoms with Crippen LogP contribution < -0.4 is 4.90 Å². The van der Waals surface area contributed by atoms with Gasteiger partial charge in [-0.15, -0.1) is 0 Å². The van der Waals surface area contributed by atoms with E-state index in [1.165, 1.54) is 28.6 Å². The van der Waals surface area contributed by atoms with Gasteiger partial charge in [-0.2, -0.15) is 0 Å². The lowest BCUT2D eigenvalue weighted by Crippen LogP contribution is -2.34. The summed E-state index contributed by atoms with van der Waals surface area (Å²) >= 11 is 1.42. The minimum absolute atomic E-state index is 0.0708. The Balaban J connectivity index is 1.68. The summed E-state index contributed by atoms with van der Waals surface area (Å²) in [6, 6.07) is 7.66. The van der Waals surface area contributed by atoms with Crippen molar-refractivity contribution in [3.63, 3.8) is 0 Å². The number of rotatable bonds is 5. The molecule has 2 aromatic heterocycles. The van der Waals surface area contributed by atoms with E-state index >= 15 is 0 Å². The van der Waals surface area contributed by atoms with Gasteiger partial charge in [-0.05, 0) is 26.0 Å². The van der Waals surface area contributed by atoms with Gasteiger partial charge in [-0.25, -0.2) is 14.8 Å². The summed E-state index contributed by atoms with van der Waals surface area (Å²) < 4.78 is 6.05. The van der Waals surface area contributed by atoms with Crippen molar-refractivity contribution in [1.82, 2.24) is 15.0 Å². The van der Waals surface area contributed by atoms with Crippen LogP contribution in [0.3, 0.4) is 0 Å². The molecule has 8 heteroatoms. The van der Waals surface area contributed by atoms with Crippen molar-refractivity contribution in [2.45, 2.75) is 13.8 Å². The number of likely N-dealkylation sites (N-methyl/N-ethyl adjacent to an activating group) is 1. The lowest BCUT2D eigenvalue weighted by Gasteiger charge is -2.17. The van der Waals surface area contributed by atoms with Crippen molar-refractivity contribution < 1.29 is 14.3 Å². The normalized spacial score (nSPS) is 10.6. The van der Waals surface area contributed by atoms with Crippen LogP contribution in [0.2, 0.25) is 0 Å². The maximum absolute atomic E-state index is 12.4. The minimum atomic E-state index is -0.679. The van der Waals surface area contributed by atoms with E-state index in [-0.39, 0.29) is 18.2 Å². The summed E-state index contributed by atoms with van der Waals surface area (Å²) in [6.07, 6.45) is 2.80. The lowest BCUT2D eigenvalue weighted by atomic mass is 10.3. The van der Waals surface area contributed by atoms with E-state index in [0.29, 0.717) is 17.4 Å². The zero-order chi connectivity index (χ0) is 17.8. The van der Waals surface area contributed by atoms with E-state index in [1.807, 2.05) is 31.2 Å². The number of esters is 1. The van der Waals surface area contributed by atoms with Crippen LogP contribution in [0.15, 0.2) is 36.7 Å². The van der Waals surface area contributed by atoms with E-state index < -0.39 is 5.97 Å². The first-order chi connectivity index (χ1) is 12.1. The third-order valence-corrected chi connectivity index (χ3v) is 4.51. The summed E-state index contributed by atoms with van der Waals surface area (Å²) in [7, 11) is 0. The highest BCUT2D eigenvalue weighted by Gasteiger charge is 2.20. The number of carbonyl (C=O) groups excluding carboxylic acids is 2.